The van der Waals surface area contributed by atoms with E-state index in [1.165, 1.54) is 11.8 Å². The summed E-state index contributed by atoms with van der Waals surface area (Å²) in [6.07, 6.45) is 3.82. The van der Waals surface area contributed by atoms with Gasteiger partial charge in [-0.2, -0.15) is 0 Å². The first-order valence-corrected chi connectivity index (χ1v) is 12.0. The number of rotatable bonds is 9. The number of hydroxylamine groups is 1. The first kappa shape index (κ1) is 26.2. The Kier molecular flexibility index (Phi) is 8.50. The van der Waals surface area contributed by atoms with Crippen molar-refractivity contribution >= 4 is 34.5 Å². The molecule has 0 radical (unpaired) electrons. The Morgan fingerprint density at radius 3 is 2.60 bits per heavy atom. The SMILES string of the molecule is CCC(C)C(C(=O)NC(Cc1c[nH]c2ccccc12)C(=O)NO)N(C)C(=O)[C@@H]1CCCN1C(C)=O. The molecule has 3 rings (SSSR count). The number of nitrogens with zero attached hydrogens (tertiary/aromatic N) is 2. The molecule has 0 bridgehead atoms. The third-order valence-electron chi connectivity index (χ3n) is 7.00. The Morgan fingerprint density at radius 1 is 1.23 bits per heavy atom. The topological polar surface area (TPSA) is 135 Å². The zero-order valence-electron chi connectivity index (χ0n) is 20.7. The summed E-state index contributed by atoms with van der Waals surface area (Å²) in [7, 11) is 1.57. The largest absolute Gasteiger partial charge is 0.361 e. The number of likely N-dealkylation sites (N-methyl/N-ethyl adjacent to an activating group) is 1. The van der Waals surface area contributed by atoms with E-state index >= 15 is 0 Å². The number of aromatic nitrogens is 1. The van der Waals surface area contributed by atoms with Crippen molar-refractivity contribution in [2.24, 2.45) is 5.92 Å². The minimum absolute atomic E-state index is 0.147. The Bertz CT molecular complexity index is 1080. The molecule has 190 valence electrons. The lowest BCUT2D eigenvalue weighted by atomic mass is 9.95. The van der Waals surface area contributed by atoms with Crippen LogP contribution in [0.1, 0.15) is 45.6 Å². The van der Waals surface area contributed by atoms with Crippen LogP contribution in [0.2, 0.25) is 0 Å². The molecule has 1 aromatic carbocycles. The average molecular weight is 486 g/mol. The number of H-pyrrole nitrogens is 1. The Balaban J connectivity index is 1.82. The first-order chi connectivity index (χ1) is 16.7. The second kappa shape index (κ2) is 11.4. The molecule has 4 atom stereocenters. The van der Waals surface area contributed by atoms with Gasteiger partial charge < -0.3 is 20.1 Å². The number of carbonyl (C=O) groups excluding carboxylic acids is 4. The number of hydrogen-bond donors (Lipinski definition) is 4. The molecule has 0 aliphatic carbocycles. The quantitative estimate of drug-likeness (QED) is 0.316. The van der Waals surface area contributed by atoms with Crippen LogP contribution in [-0.2, 0) is 25.6 Å². The van der Waals surface area contributed by atoms with Crippen molar-refractivity contribution in [1.29, 1.82) is 0 Å². The van der Waals surface area contributed by atoms with Crippen molar-refractivity contribution in [3.05, 3.63) is 36.0 Å². The fourth-order valence-electron chi connectivity index (χ4n) is 4.88. The maximum absolute atomic E-state index is 13.5. The van der Waals surface area contributed by atoms with E-state index in [9.17, 15) is 24.4 Å². The van der Waals surface area contributed by atoms with Gasteiger partial charge in [0.15, 0.2) is 0 Å². The van der Waals surface area contributed by atoms with Crippen LogP contribution in [0.5, 0.6) is 0 Å². The van der Waals surface area contributed by atoms with Gasteiger partial charge in [-0.3, -0.25) is 24.4 Å². The van der Waals surface area contributed by atoms with Crippen LogP contribution in [0, 0.1) is 5.92 Å². The highest BCUT2D eigenvalue weighted by Gasteiger charge is 2.40. The van der Waals surface area contributed by atoms with E-state index < -0.39 is 29.9 Å². The van der Waals surface area contributed by atoms with E-state index in [4.69, 9.17) is 0 Å². The maximum Gasteiger partial charge on any atom is 0.266 e. The molecule has 1 fully saturated rings. The molecule has 0 spiro atoms. The summed E-state index contributed by atoms with van der Waals surface area (Å²) in [5, 5.41) is 13.0. The van der Waals surface area contributed by atoms with Crippen LogP contribution >= 0.6 is 0 Å². The van der Waals surface area contributed by atoms with Crippen LogP contribution in [0.3, 0.4) is 0 Å². The van der Waals surface area contributed by atoms with Gasteiger partial charge in [0.25, 0.3) is 5.91 Å². The highest BCUT2D eigenvalue weighted by molar-refractivity contribution is 5.94. The molecule has 3 unspecified atom stereocenters. The van der Waals surface area contributed by atoms with Gasteiger partial charge in [0.1, 0.15) is 18.1 Å². The lowest BCUT2D eigenvalue weighted by Crippen LogP contribution is -2.58. The highest BCUT2D eigenvalue weighted by atomic mass is 16.5. The van der Waals surface area contributed by atoms with Crippen molar-refractivity contribution in [2.75, 3.05) is 13.6 Å². The van der Waals surface area contributed by atoms with Crippen LogP contribution < -0.4 is 10.8 Å². The Labute approximate surface area is 205 Å². The van der Waals surface area contributed by atoms with Gasteiger partial charge in [0.05, 0.1) is 0 Å². The molecule has 10 nitrogen and oxygen atoms in total. The monoisotopic (exact) mass is 485 g/mol. The maximum atomic E-state index is 13.5. The van der Waals surface area contributed by atoms with E-state index in [-0.39, 0.29) is 24.2 Å². The van der Waals surface area contributed by atoms with Crippen molar-refractivity contribution in [1.82, 2.24) is 25.6 Å². The van der Waals surface area contributed by atoms with Crippen molar-refractivity contribution < 1.29 is 24.4 Å². The van der Waals surface area contributed by atoms with Gasteiger partial charge in [-0.25, -0.2) is 5.48 Å². The van der Waals surface area contributed by atoms with Gasteiger partial charge in [0.2, 0.25) is 17.7 Å². The number of aromatic amines is 1. The number of para-hydroxylation sites is 1. The van der Waals surface area contributed by atoms with Gasteiger partial charge in [0, 0.05) is 44.0 Å². The van der Waals surface area contributed by atoms with E-state index in [2.05, 4.69) is 10.3 Å². The molecule has 4 amide bonds. The molecule has 1 aliphatic heterocycles. The summed E-state index contributed by atoms with van der Waals surface area (Å²) in [4.78, 5) is 57.4. The highest BCUT2D eigenvalue weighted by Crippen LogP contribution is 2.23. The number of amides is 4. The van der Waals surface area contributed by atoms with Gasteiger partial charge >= 0.3 is 0 Å². The second-order valence-electron chi connectivity index (χ2n) is 9.25. The molecule has 2 heterocycles. The molecule has 2 aromatic rings. The van der Waals surface area contributed by atoms with E-state index in [1.54, 1.807) is 23.6 Å². The second-order valence-corrected chi connectivity index (χ2v) is 9.25. The minimum atomic E-state index is -1.05. The summed E-state index contributed by atoms with van der Waals surface area (Å²) in [6.45, 7) is 5.74. The number of hydrogen-bond acceptors (Lipinski definition) is 5. The number of likely N-dealkylation sites (tertiary alicyclic amines) is 1. The fraction of sp³-hybridized carbons (Fsp3) is 0.520. The number of fused-ring (bicyclic) bond motifs is 1. The van der Waals surface area contributed by atoms with Crippen molar-refractivity contribution in [2.45, 2.75) is 64.6 Å². The number of nitrogens with one attached hydrogen (secondary N) is 3. The molecule has 35 heavy (non-hydrogen) atoms. The van der Waals surface area contributed by atoms with Crippen LogP contribution in [-0.4, -0.2) is 75.3 Å². The molecule has 10 heteroatoms. The summed E-state index contributed by atoms with van der Waals surface area (Å²) < 4.78 is 0. The predicted molar refractivity (Wildman–Crippen MR) is 130 cm³/mol. The number of benzene rings is 1. The van der Waals surface area contributed by atoms with E-state index in [1.807, 2.05) is 38.1 Å². The summed E-state index contributed by atoms with van der Waals surface area (Å²) in [6, 6.07) is 5.09. The van der Waals surface area contributed by atoms with E-state index in [0.717, 1.165) is 22.9 Å². The van der Waals surface area contributed by atoms with Crippen molar-refractivity contribution in [3.63, 3.8) is 0 Å². The van der Waals surface area contributed by atoms with Gasteiger partial charge in [-0.1, -0.05) is 38.5 Å². The van der Waals surface area contributed by atoms with Gasteiger partial charge in [-0.05, 0) is 30.4 Å². The van der Waals surface area contributed by atoms with Gasteiger partial charge in [-0.15, -0.1) is 0 Å². The van der Waals surface area contributed by atoms with Crippen LogP contribution in [0.4, 0.5) is 0 Å². The van der Waals surface area contributed by atoms with E-state index in [0.29, 0.717) is 19.4 Å². The standard InChI is InChI=1S/C25H35N5O5/c1-5-15(2)22(29(4)25(34)21-11-8-12-30(21)16(3)31)24(33)27-20(23(32)28-35)13-17-14-26-19-10-7-6-9-18(17)19/h6-7,9-10,14-15,20-22,26,35H,5,8,11-13H2,1-4H3,(H,27,33)(H,28,32)/t15?,20?,21-,22?/m0/s1. The normalized spacial score (nSPS) is 18.1. The van der Waals surface area contributed by atoms with Crippen LogP contribution in [0.25, 0.3) is 10.9 Å². The molecule has 4 N–H and O–H groups in total. The third-order valence-corrected chi connectivity index (χ3v) is 7.00. The van der Waals surface area contributed by atoms with Crippen LogP contribution in [0.15, 0.2) is 30.5 Å². The summed E-state index contributed by atoms with van der Waals surface area (Å²) in [5.74, 6) is -1.91. The lowest BCUT2D eigenvalue weighted by molar-refractivity contribution is -0.148. The first-order valence-electron chi connectivity index (χ1n) is 12.0. The zero-order valence-corrected chi connectivity index (χ0v) is 20.7. The molecule has 1 saturated heterocycles. The molecule has 0 saturated carbocycles. The Hall–Kier alpha value is -3.40. The predicted octanol–water partition coefficient (Wildman–Crippen LogP) is 1.58. The molecule has 1 aromatic heterocycles. The smallest absolute Gasteiger partial charge is 0.266 e. The fourth-order valence-corrected chi connectivity index (χ4v) is 4.88. The number of carbonyl (C=O) groups is 4. The zero-order chi connectivity index (χ0) is 25.7. The summed E-state index contributed by atoms with van der Waals surface area (Å²) in [5.41, 5.74) is 3.34. The molecular weight excluding hydrogens is 450 g/mol. The average Bonchev–Trinajstić information content (AvgIpc) is 3.50. The minimum Gasteiger partial charge on any atom is -0.361 e. The van der Waals surface area contributed by atoms with Crippen molar-refractivity contribution in [3.8, 4) is 0 Å². The molecule has 1 aliphatic rings. The lowest BCUT2D eigenvalue weighted by Gasteiger charge is -2.35. The third kappa shape index (κ3) is 5.64. The summed E-state index contributed by atoms with van der Waals surface area (Å²) >= 11 is 0. The Morgan fingerprint density at radius 2 is 1.94 bits per heavy atom. The molecular formula is C25H35N5O5.